The van der Waals surface area contributed by atoms with Crippen molar-refractivity contribution < 1.29 is 5.11 Å². The summed E-state index contributed by atoms with van der Waals surface area (Å²) in [4.78, 5) is 2.32. The van der Waals surface area contributed by atoms with Crippen LogP contribution in [0.3, 0.4) is 0 Å². The Hall–Kier alpha value is -2.10. The number of rotatable bonds is 5. The van der Waals surface area contributed by atoms with Crippen LogP contribution in [0.5, 0.6) is 5.75 Å². The van der Waals surface area contributed by atoms with E-state index in [0.29, 0.717) is 6.54 Å². The maximum Gasteiger partial charge on any atom is 0.138 e. The molecule has 2 N–H and O–H groups in total. The Morgan fingerprint density at radius 3 is 2.35 bits per heavy atom. The first-order valence-electron chi connectivity index (χ1n) is 7.25. The highest BCUT2D eigenvalue weighted by Crippen LogP contribution is 2.32. The van der Waals surface area contributed by atoms with Crippen LogP contribution in [0.4, 0.5) is 5.69 Å². The molecule has 4 heteroatoms. The van der Waals surface area contributed by atoms with Gasteiger partial charge < -0.3 is 10.4 Å². The van der Waals surface area contributed by atoms with E-state index in [9.17, 15) is 5.11 Å². The maximum atomic E-state index is 9.84. The predicted molar refractivity (Wildman–Crippen MR) is 97.5 cm³/mol. The number of phenols is 1. The third-order valence-corrected chi connectivity index (χ3v) is 4.77. The lowest BCUT2D eigenvalue weighted by Gasteiger charge is -2.12. The summed E-state index contributed by atoms with van der Waals surface area (Å²) in [6.45, 7) is 0.647. The minimum absolute atomic E-state index is 0.260. The van der Waals surface area contributed by atoms with Gasteiger partial charge in [-0.3, -0.25) is 0 Å². The molecule has 0 spiro atoms. The van der Waals surface area contributed by atoms with E-state index in [0.717, 1.165) is 15.6 Å². The molecule has 23 heavy (non-hydrogen) atoms. The minimum atomic E-state index is 0.260. The Labute approximate surface area is 145 Å². The van der Waals surface area contributed by atoms with Crippen LogP contribution in [0.15, 0.2) is 82.6 Å². The van der Waals surface area contributed by atoms with E-state index in [2.05, 4.69) is 17.4 Å². The van der Waals surface area contributed by atoms with E-state index in [4.69, 9.17) is 11.6 Å². The largest absolute Gasteiger partial charge is 0.506 e. The van der Waals surface area contributed by atoms with Crippen LogP contribution in [0.2, 0.25) is 5.02 Å². The summed E-state index contributed by atoms with van der Waals surface area (Å²) in [6.07, 6.45) is 0. The fraction of sp³-hybridized carbons (Fsp3) is 0.0526. The molecular weight excluding hydrogens is 326 g/mol. The van der Waals surface area contributed by atoms with E-state index in [1.54, 1.807) is 17.8 Å². The molecule has 0 heterocycles. The molecule has 0 atom stereocenters. The molecule has 2 nitrogen and oxygen atoms in total. The second kappa shape index (κ2) is 7.44. The van der Waals surface area contributed by atoms with Crippen molar-refractivity contribution in [1.29, 1.82) is 0 Å². The topological polar surface area (TPSA) is 32.3 Å². The standard InChI is InChI=1S/C19H16ClNOS/c20-15-9-11-16(12-10-15)23-19-8-4-1-5-14(19)13-21-17-6-2-3-7-18(17)22/h1-12,21-22H,13H2. The number of benzene rings is 3. The van der Waals surface area contributed by atoms with E-state index < -0.39 is 0 Å². The lowest BCUT2D eigenvalue weighted by atomic mass is 10.2. The fourth-order valence-electron chi connectivity index (χ4n) is 2.19. The van der Waals surface area contributed by atoms with Crippen molar-refractivity contribution in [3.8, 4) is 5.75 Å². The number of hydrogen-bond acceptors (Lipinski definition) is 3. The van der Waals surface area contributed by atoms with Gasteiger partial charge in [0.25, 0.3) is 0 Å². The monoisotopic (exact) mass is 341 g/mol. The van der Waals surface area contributed by atoms with Gasteiger partial charge in [0.05, 0.1) is 5.69 Å². The molecule has 3 aromatic rings. The maximum absolute atomic E-state index is 9.84. The molecule has 0 radical (unpaired) electrons. The molecule has 0 aliphatic rings. The molecule has 0 unspecified atom stereocenters. The van der Waals surface area contributed by atoms with Crippen LogP contribution >= 0.6 is 23.4 Å². The predicted octanol–water partition coefficient (Wildman–Crippen LogP) is 5.81. The molecule has 0 saturated heterocycles. The molecule has 0 amide bonds. The number of anilines is 1. The SMILES string of the molecule is Oc1ccccc1NCc1ccccc1Sc1ccc(Cl)cc1. The zero-order valence-electron chi connectivity index (χ0n) is 12.4. The Morgan fingerprint density at radius 2 is 1.57 bits per heavy atom. The molecule has 3 aromatic carbocycles. The fourth-order valence-corrected chi connectivity index (χ4v) is 3.26. The summed E-state index contributed by atoms with van der Waals surface area (Å²) in [5.41, 5.74) is 1.91. The average molecular weight is 342 g/mol. The second-order valence-corrected chi connectivity index (χ2v) is 6.59. The quantitative estimate of drug-likeness (QED) is 0.574. The van der Waals surface area contributed by atoms with Crippen molar-refractivity contribution in [3.05, 3.63) is 83.4 Å². The van der Waals surface area contributed by atoms with Gasteiger partial charge >= 0.3 is 0 Å². The van der Waals surface area contributed by atoms with Gasteiger partial charge in [-0.15, -0.1) is 0 Å². The number of halogens is 1. The number of aromatic hydroxyl groups is 1. The van der Waals surface area contributed by atoms with E-state index >= 15 is 0 Å². The molecule has 0 fully saturated rings. The first kappa shape index (κ1) is 15.8. The molecule has 0 saturated carbocycles. The first-order valence-corrected chi connectivity index (χ1v) is 8.45. The third-order valence-electron chi connectivity index (χ3n) is 3.39. The van der Waals surface area contributed by atoms with Crippen LogP contribution < -0.4 is 5.32 Å². The van der Waals surface area contributed by atoms with Crippen LogP contribution in [0.25, 0.3) is 0 Å². The Balaban J connectivity index is 1.75. The average Bonchev–Trinajstić information content (AvgIpc) is 2.57. The van der Waals surface area contributed by atoms with Crippen molar-refractivity contribution in [1.82, 2.24) is 0 Å². The smallest absolute Gasteiger partial charge is 0.138 e. The summed E-state index contributed by atoms with van der Waals surface area (Å²) in [5, 5.41) is 13.9. The zero-order valence-corrected chi connectivity index (χ0v) is 13.9. The molecule has 116 valence electrons. The summed E-state index contributed by atoms with van der Waals surface area (Å²) >= 11 is 7.64. The van der Waals surface area contributed by atoms with E-state index in [1.165, 1.54) is 10.5 Å². The van der Waals surface area contributed by atoms with Gasteiger partial charge in [0.1, 0.15) is 5.75 Å². The Morgan fingerprint density at radius 1 is 0.870 bits per heavy atom. The second-order valence-electron chi connectivity index (χ2n) is 5.03. The Kier molecular flexibility index (Phi) is 5.11. The number of phenolic OH excluding ortho intramolecular Hbond substituents is 1. The summed E-state index contributed by atoms with van der Waals surface area (Å²) < 4.78 is 0. The van der Waals surface area contributed by atoms with Gasteiger partial charge in [0, 0.05) is 21.4 Å². The van der Waals surface area contributed by atoms with Crippen LogP contribution in [-0.2, 0) is 6.54 Å². The number of nitrogens with one attached hydrogen (secondary N) is 1. The summed E-state index contributed by atoms with van der Waals surface area (Å²) in [5.74, 6) is 0.260. The van der Waals surface area contributed by atoms with Gasteiger partial charge in [0.2, 0.25) is 0 Å². The highest BCUT2D eigenvalue weighted by molar-refractivity contribution is 7.99. The summed E-state index contributed by atoms with van der Waals surface area (Å²) in [6, 6.07) is 23.3. The van der Waals surface area contributed by atoms with Crippen molar-refractivity contribution >= 4 is 29.1 Å². The lowest BCUT2D eigenvalue weighted by Crippen LogP contribution is -2.00. The van der Waals surface area contributed by atoms with Gasteiger partial charge in [-0.1, -0.05) is 53.7 Å². The third kappa shape index (κ3) is 4.21. The Bertz CT molecular complexity index is 789. The van der Waals surface area contributed by atoms with E-state index in [-0.39, 0.29) is 5.75 Å². The van der Waals surface area contributed by atoms with Crippen LogP contribution in [0, 0.1) is 0 Å². The zero-order chi connectivity index (χ0) is 16.1. The van der Waals surface area contributed by atoms with Crippen LogP contribution in [-0.4, -0.2) is 5.11 Å². The number of para-hydroxylation sites is 2. The number of hydrogen-bond donors (Lipinski definition) is 2. The molecule has 3 rings (SSSR count). The lowest BCUT2D eigenvalue weighted by molar-refractivity contribution is 0.477. The van der Waals surface area contributed by atoms with Gasteiger partial charge in [-0.2, -0.15) is 0 Å². The molecular formula is C19H16ClNOS. The minimum Gasteiger partial charge on any atom is -0.506 e. The molecule has 0 bridgehead atoms. The van der Waals surface area contributed by atoms with Crippen molar-refractivity contribution in [2.24, 2.45) is 0 Å². The van der Waals surface area contributed by atoms with Gasteiger partial charge in [-0.25, -0.2) is 0 Å². The highest BCUT2D eigenvalue weighted by atomic mass is 35.5. The van der Waals surface area contributed by atoms with Gasteiger partial charge in [0.15, 0.2) is 0 Å². The highest BCUT2D eigenvalue weighted by Gasteiger charge is 2.05. The molecule has 0 aliphatic carbocycles. The molecule has 0 aromatic heterocycles. The molecule has 0 aliphatic heterocycles. The van der Waals surface area contributed by atoms with E-state index in [1.807, 2.05) is 54.6 Å². The van der Waals surface area contributed by atoms with Crippen LogP contribution in [0.1, 0.15) is 5.56 Å². The van der Waals surface area contributed by atoms with Gasteiger partial charge in [-0.05, 0) is 48.0 Å². The van der Waals surface area contributed by atoms with Crippen molar-refractivity contribution in [2.75, 3.05) is 5.32 Å². The van der Waals surface area contributed by atoms with Crippen molar-refractivity contribution in [3.63, 3.8) is 0 Å². The first-order chi connectivity index (χ1) is 11.2. The summed E-state index contributed by atoms with van der Waals surface area (Å²) in [7, 11) is 0. The normalized spacial score (nSPS) is 10.5. The van der Waals surface area contributed by atoms with Crippen molar-refractivity contribution in [2.45, 2.75) is 16.3 Å².